The van der Waals surface area contributed by atoms with E-state index in [1.165, 1.54) is 0 Å². The molecule has 2 N–H and O–H groups in total. The second kappa shape index (κ2) is 5.85. The van der Waals surface area contributed by atoms with Crippen LogP contribution >= 0.6 is 0 Å². The van der Waals surface area contributed by atoms with Crippen LogP contribution in [0.2, 0.25) is 0 Å². The molecule has 1 unspecified atom stereocenters. The van der Waals surface area contributed by atoms with Gasteiger partial charge in [-0.05, 0) is 38.5 Å². The number of nitrogens with one attached hydrogen (secondary N) is 1. The van der Waals surface area contributed by atoms with Crippen molar-refractivity contribution in [3.8, 4) is 5.75 Å². The molecule has 1 amide bonds. The molecule has 0 aromatic heterocycles. The van der Waals surface area contributed by atoms with Gasteiger partial charge in [0.15, 0.2) is 5.78 Å². The molecule has 1 aromatic rings. The van der Waals surface area contributed by atoms with E-state index in [4.69, 9.17) is 9.84 Å². The van der Waals surface area contributed by atoms with E-state index in [1.54, 1.807) is 18.2 Å². The van der Waals surface area contributed by atoms with Crippen molar-refractivity contribution in [1.29, 1.82) is 0 Å². The molecule has 21 heavy (non-hydrogen) atoms. The van der Waals surface area contributed by atoms with Gasteiger partial charge in [-0.3, -0.25) is 9.59 Å². The minimum atomic E-state index is -0.516. The van der Waals surface area contributed by atoms with Crippen LogP contribution in [0.4, 0.5) is 0 Å². The number of hydrogen-bond donors (Lipinski definition) is 2. The number of Topliss-reactive ketones (excluding diaryl/α,β-unsaturated/α-hetero) is 1. The van der Waals surface area contributed by atoms with Crippen molar-refractivity contribution in [1.82, 2.24) is 5.32 Å². The monoisotopic (exact) mass is 291 g/mol. The Morgan fingerprint density at radius 2 is 2.19 bits per heavy atom. The zero-order valence-corrected chi connectivity index (χ0v) is 12.6. The molecule has 1 aromatic carbocycles. The molecule has 114 valence electrons. The van der Waals surface area contributed by atoms with Crippen molar-refractivity contribution in [2.75, 3.05) is 6.61 Å². The lowest BCUT2D eigenvalue weighted by atomic mass is 9.92. The first kappa shape index (κ1) is 15.5. The maximum absolute atomic E-state index is 12.2. The molecule has 1 aliphatic rings. The summed E-state index contributed by atoms with van der Waals surface area (Å²) < 4.78 is 5.76. The summed E-state index contributed by atoms with van der Waals surface area (Å²) in [6.07, 6.45) is 0.933. The summed E-state index contributed by atoms with van der Waals surface area (Å²) in [5.41, 5.74) is 0.328. The van der Waals surface area contributed by atoms with Gasteiger partial charge in [0.2, 0.25) is 0 Å². The van der Waals surface area contributed by atoms with E-state index in [2.05, 4.69) is 5.32 Å². The van der Waals surface area contributed by atoms with E-state index in [-0.39, 0.29) is 24.3 Å². The number of fused-ring (bicyclic) bond motifs is 1. The number of ether oxygens (including phenoxy) is 1. The third-order valence-corrected chi connectivity index (χ3v) is 3.56. The van der Waals surface area contributed by atoms with Crippen LogP contribution in [0.3, 0.4) is 0 Å². The quantitative estimate of drug-likeness (QED) is 0.889. The van der Waals surface area contributed by atoms with Crippen LogP contribution < -0.4 is 10.1 Å². The summed E-state index contributed by atoms with van der Waals surface area (Å²) >= 11 is 0. The molecule has 0 saturated carbocycles. The number of amides is 1. The second-order valence-corrected chi connectivity index (χ2v) is 5.93. The fourth-order valence-corrected chi connectivity index (χ4v) is 2.34. The maximum Gasteiger partial charge on any atom is 0.251 e. The minimum Gasteiger partial charge on any atom is -0.487 e. The van der Waals surface area contributed by atoms with E-state index >= 15 is 0 Å². The van der Waals surface area contributed by atoms with Gasteiger partial charge in [-0.2, -0.15) is 0 Å². The molecule has 0 radical (unpaired) electrons. The highest BCUT2D eigenvalue weighted by Crippen LogP contribution is 2.33. The fourth-order valence-electron chi connectivity index (χ4n) is 2.34. The molecule has 1 aliphatic heterocycles. The average molecular weight is 291 g/mol. The third kappa shape index (κ3) is 3.42. The summed E-state index contributed by atoms with van der Waals surface area (Å²) in [5.74, 6) is 0.198. The van der Waals surface area contributed by atoms with Gasteiger partial charge in [0.05, 0.1) is 24.6 Å². The molecule has 0 aliphatic carbocycles. The first-order valence-electron chi connectivity index (χ1n) is 7.14. The van der Waals surface area contributed by atoms with Gasteiger partial charge in [-0.15, -0.1) is 0 Å². The highest BCUT2D eigenvalue weighted by molar-refractivity contribution is 6.03. The summed E-state index contributed by atoms with van der Waals surface area (Å²) in [7, 11) is 0. The van der Waals surface area contributed by atoms with E-state index in [0.29, 0.717) is 29.7 Å². The highest BCUT2D eigenvalue weighted by Gasteiger charge is 2.32. The first-order valence-corrected chi connectivity index (χ1v) is 7.14. The normalized spacial score (nSPS) is 17.6. The van der Waals surface area contributed by atoms with Crippen molar-refractivity contribution < 1.29 is 19.4 Å². The molecule has 0 saturated heterocycles. The molecule has 5 nitrogen and oxygen atoms in total. The SMILES string of the molecule is CCC(CO)NC(=O)c1ccc2c(c1)C(=O)CC(C)(C)O2. The summed E-state index contributed by atoms with van der Waals surface area (Å²) in [4.78, 5) is 24.3. The van der Waals surface area contributed by atoms with Gasteiger partial charge in [-0.1, -0.05) is 6.92 Å². The molecule has 1 heterocycles. The molecular weight excluding hydrogens is 270 g/mol. The van der Waals surface area contributed by atoms with Crippen LogP contribution in [0.25, 0.3) is 0 Å². The Bertz CT molecular complexity index is 561. The molecule has 2 rings (SSSR count). The van der Waals surface area contributed by atoms with Gasteiger partial charge in [0, 0.05) is 5.56 Å². The first-order chi connectivity index (χ1) is 9.86. The maximum atomic E-state index is 12.2. The summed E-state index contributed by atoms with van der Waals surface area (Å²) in [6.45, 7) is 5.50. The van der Waals surface area contributed by atoms with Crippen LogP contribution in [0.1, 0.15) is 54.3 Å². The lowest BCUT2D eigenvalue weighted by molar-refractivity contribution is 0.0620. The van der Waals surface area contributed by atoms with Gasteiger partial charge < -0.3 is 15.2 Å². The Kier molecular flexibility index (Phi) is 4.32. The van der Waals surface area contributed by atoms with Gasteiger partial charge >= 0.3 is 0 Å². The van der Waals surface area contributed by atoms with Gasteiger partial charge in [-0.25, -0.2) is 0 Å². The summed E-state index contributed by atoms with van der Waals surface area (Å²) in [6, 6.07) is 4.57. The van der Waals surface area contributed by atoms with E-state index in [1.807, 2.05) is 20.8 Å². The molecule has 1 atom stereocenters. The molecule has 5 heteroatoms. The lowest BCUT2D eigenvalue weighted by Gasteiger charge is -2.31. The molecule has 0 spiro atoms. The number of rotatable bonds is 4. The van der Waals surface area contributed by atoms with E-state index in [9.17, 15) is 9.59 Å². The smallest absolute Gasteiger partial charge is 0.251 e. The molecule has 0 fully saturated rings. The largest absolute Gasteiger partial charge is 0.487 e. The number of benzene rings is 1. The zero-order chi connectivity index (χ0) is 15.6. The fraction of sp³-hybridized carbons (Fsp3) is 0.500. The van der Waals surface area contributed by atoms with Crippen molar-refractivity contribution in [2.45, 2.75) is 45.3 Å². The topological polar surface area (TPSA) is 75.6 Å². The third-order valence-electron chi connectivity index (χ3n) is 3.56. The number of carbonyl (C=O) groups is 2. The Morgan fingerprint density at radius 1 is 1.48 bits per heavy atom. The Labute approximate surface area is 124 Å². The Hall–Kier alpha value is -1.88. The Morgan fingerprint density at radius 3 is 2.81 bits per heavy atom. The zero-order valence-electron chi connectivity index (χ0n) is 12.6. The lowest BCUT2D eigenvalue weighted by Crippen LogP contribution is -2.38. The van der Waals surface area contributed by atoms with Crippen molar-refractivity contribution in [3.05, 3.63) is 29.3 Å². The number of hydrogen-bond acceptors (Lipinski definition) is 4. The highest BCUT2D eigenvalue weighted by atomic mass is 16.5. The van der Waals surface area contributed by atoms with Crippen LogP contribution in [0.15, 0.2) is 18.2 Å². The standard InChI is InChI=1S/C16H21NO4/c1-4-11(9-18)17-15(20)10-5-6-14-12(7-10)13(19)8-16(2,3)21-14/h5-7,11,18H,4,8-9H2,1-3H3,(H,17,20). The van der Waals surface area contributed by atoms with Crippen LogP contribution in [-0.2, 0) is 0 Å². The predicted molar refractivity (Wildman–Crippen MR) is 78.7 cm³/mol. The van der Waals surface area contributed by atoms with Crippen molar-refractivity contribution in [3.63, 3.8) is 0 Å². The predicted octanol–water partition coefficient (Wildman–Crippen LogP) is 1.93. The van der Waals surface area contributed by atoms with Crippen LogP contribution in [0, 0.1) is 0 Å². The van der Waals surface area contributed by atoms with Gasteiger partial charge in [0.1, 0.15) is 11.4 Å². The summed E-state index contributed by atoms with van der Waals surface area (Å²) in [5, 5.41) is 11.9. The van der Waals surface area contributed by atoms with E-state index in [0.717, 1.165) is 0 Å². The average Bonchev–Trinajstić information content (AvgIpc) is 2.43. The number of ketones is 1. The number of aliphatic hydroxyl groups is 1. The van der Waals surface area contributed by atoms with Crippen LogP contribution in [0.5, 0.6) is 5.75 Å². The molecular formula is C16H21NO4. The van der Waals surface area contributed by atoms with Gasteiger partial charge in [0.25, 0.3) is 5.91 Å². The molecule has 0 bridgehead atoms. The van der Waals surface area contributed by atoms with Crippen molar-refractivity contribution in [2.24, 2.45) is 0 Å². The van der Waals surface area contributed by atoms with Crippen LogP contribution in [-0.4, -0.2) is 35.0 Å². The second-order valence-electron chi connectivity index (χ2n) is 5.93. The van der Waals surface area contributed by atoms with E-state index < -0.39 is 5.60 Å². The number of carbonyl (C=O) groups excluding carboxylic acids is 2. The Balaban J connectivity index is 2.24. The van der Waals surface area contributed by atoms with Crippen molar-refractivity contribution >= 4 is 11.7 Å². The number of aliphatic hydroxyl groups excluding tert-OH is 1. The minimum absolute atomic E-state index is 0.0231.